The summed E-state index contributed by atoms with van der Waals surface area (Å²) in [6.45, 7) is 4.28. The maximum atomic E-state index is 12.6. The Morgan fingerprint density at radius 1 is 1.17 bits per heavy atom. The Balaban J connectivity index is 1.53. The molecule has 0 aliphatic carbocycles. The lowest BCUT2D eigenvalue weighted by Gasteiger charge is -2.27. The molecule has 1 fully saturated rings. The fourth-order valence-corrected chi connectivity index (χ4v) is 3.50. The van der Waals surface area contributed by atoms with Crippen molar-refractivity contribution in [3.8, 4) is 0 Å². The van der Waals surface area contributed by atoms with Crippen molar-refractivity contribution >= 4 is 28.2 Å². The third-order valence-corrected chi connectivity index (χ3v) is 5.22. The summed E-state index contributed by atoms with van der Waals surface area (Å²) in [5, 5.41) is 4.06. The van der Waals surface area contributed by atoms with Gasteiger partial charge in [0.05, 0.1) is 24.5 Å². The lowest BCUT2D eigenvalue weighted by molar-refractivity contribution is 0.0303. The standard InChI is InChI=1S/C23H24N4O3/c1-15-12-17(23(29)27-8-10-30-11-9-27)6-7-20(15)25-14-19(24)18-13-16-4-2-3-5-21(16)26-22(18)28/h2-7,12-14,25H,8-11,24H2,1H3,(H,26,28)/b19-14-. The summed E-state index contributed by atoms with van der Waals surface area (Å²) < 4.78 is 5.30. The largest absolute Gasteiger partial charge is 0.397 e. The number of para-hydroxylation sites is 1. The first-order valence-electron chi connectivity index (χ1n) is 9.85. The van der Waals surface area contributed by atoms with Crippen LogP contribution in [0, 0.1) is 6.92 Å². The summed E-state index contributed by atoms with van der Waals surface area (Å²) >= 11 is 0. The number of hydrogen-bond acceptors (Lipinski definition) is 5. The lowest BCUT2D eigenvalue weighted by Crippen LogP contribution is -2.40. The third-order valence-electron chi connectivity index (χ3n) is 5.22. The number of H-pyrrole nitrogens is 1. The second-order valence-corrected chi connectivity index (χ2v) is 7.28. The Hall–Kier alpha value is -3.58. The molecule has 4 N–H and O–H groups in total. The molecule has 1 saturated heterocycles. The van der Waals surface area contributed by atoms with E-state index in [1.165, 1.54) is 0 Å². The fourth-order valence-electron chi connectivity index (χ4n) is 3.50. The van der Waals surface area contributed by atoms with Gasteiger partial charge in [-0.25, -0.2) is 0 Å². The number of benzene rings is 2. The highest BCUT2D eigenvalue weighted by atomic mass is 16.5. The molecule has 0 unspecified atom stereocenters. The van der Waals surface area contributed by atoms with Gasteiger partial charge in [-0.05, 0) is 48.2 Å². The highest BCUT2D eigenvalue weighted by Gasteiger charge is 2.18. The highest BCUT2D eigenvalue weighted by molar-refractivity contribution is 5.95. The van der Waals surface area contributed by atoms with Crippen LogP contribution in [-0.2, 0) is 4.74 Å². The Labute approximate surface area is 174 Å². The molecule has 0 bridgehead atoms. The van der Waals surface area contributed by atoms with Gasteiger partial charge in [-0.2, -0.15) is 0 Å². The molecule has 2 heterocycles. The maximum absolute atomic E-state index is 12.6. The van der Waals surface area contributed by atoms with Crippen molar-refractivity contribution in [1.29, 1.82) is 0 Å². The van der Waals surface area contributed by atoms with Crippen molar-refractivity contribution in [1.82, 2.24) is 9.88 Å². The number of aryl methyl sites for hydroxylation is 1. The molecule has 154 valence electrons. The van der Waals surface area contributed by atoms with Gasteiger partial charge in [-0.1, -0.05) is 18.2 Å². The molecule has 7 heteroatoms. The number of amides is 1. The fraction of sp³-hybridized carbons (Fsp3) is 0.217. The zero-order valence-electron chi connectivity index (χ0n) is 16.8. The summed E-state index contributed by atoms with van der Waals surface area (Å²) in [5.74, 6) is 0.00528. The molecular formula is C23H24N4O3. The molecule has 1 aliphatic heterocycles. The van der Waals surface area contributed by atoms with Gasteiger partial charge in [0.2, 0.25) is 0 Å². The molecule has 4 rings (SSSR count). The number of carbonyl (C=O) groups excluding carboxylic acids is 1. The van der Waals surface area contributed by atoms with Crippen LogP contribution in [0.5, 0.6) is 0 Å². The molecule has 30 heavy (non-hydrogen) atoms. The minimum atomic E-state index is -0.243. The summed E-state index contributed by atoms with van der Waals surface area (Å²) in [6.07, 6.45) is 1.60. The summed E-state index contributed by atoms with van der Waals surface area (Å²) in [7, 11) is 0. The van der Waals surface area contributed by atoms with Crippen molar-refractivity contribution in [2.24, 2.45) is 5.73 Å². The minimum absolute atomic E-state index is 0.00528. The predicted octanol–water partition coefficient (Wildman–Crippen LogP) is 2.68. The molecular weight excluding hydrogens is 380 g/mol. The van der Waals surface area contributed by atoms with Gasteiger partial charge in [0.15, 0.2) is 0 Å². The monoisotopic (exact) mass is 404 g/mol. The first-order valence-corrected chi connectivity index (χ1v) is 9.85. The van der Waals surface area contributed by atoms with E-state index in [-0.39, 0.29) is 11.5 Å². The van der Waals surface area contributed by atoms with E-state index in [2.05, 4.69) is 10.3 Å². The molecule has 0 spiro atoms. The number of fused-ring (bicyclic) bond motifs is 1. The zero-order chi connectivity index (χ0) is 21.1. The third kappa shape index (κ3) is 4.06. The number of ether oxygens (including phenoxy) is 1. The van der Waals surface area contributed by atoms with Gasteiger partial charge in [0, 0.05) is 36.1 Å². The first kappa shape index (κ1) is 19.7. The normalized spacial score (nSPS) is 14.7. The van der Waals surface area contributed by atoms with Gasteiger partial charge in [-0.3, -0.25) is 9.59 Å². The van der Waals surface area contributed by atoms with Gasteiger partial charge < -0.3 is 25.7 Å². The molecule has 0 saturated carbocycles. The van der Waals surface area contributed by atoms with E-state index in [9.17, 15) is 9.59 Å². The average Bonchev–Trinajstić information content (AvgIpc) is 2.77. The van der Waals surface area contributed by atoms with E-state index < -0.39 is 0 Å². The van der Waals surface area contributed by atoms with E-state index in [0.717, 1.165) is 22.2 Å². The van der Waals surface area contributed by atoms with Gasteiger partial charge in [-0.15, -0.1) is 0 Å². The Kier molecular flexibility index (Phi) is 5.54. The van der Waals surface area contributed by atoms with Crippen LogP contribution in [0.1, 0.15) is 21.5 Å². The highest BCUT2D eigenvalue weighted by Crippen LogP contribution is 2.19. The quantitative estimate of drug-likeness (QED) is 0.621. The number of nitrogens with zero attached hydrogens (tertiary/aromatic N) is 1. The van der Waals surface area contributed by atoms with Crippen molar-refractivity contribution in [3.63, 3.8) is 0 Å². The maximum Gasteiger partial charge on any atom is 0.257 e. The van der Waals surface area contributed by atoms with Crippen LogP contribution in [0.25, 0.3) is 16.6 Å². The van der Waals surface area contributed by atoms with Crippen molar-refractivity contribution in [2.75, 3.05) is 31.6 Å². The number of carbonyl (C=O) groups is 1. The summed E-state index contributed by atoms with van der Waals surface area (Å²) in [6, 6.07) is 14.8. The topological polar surface area (TPSA) is 100 Å². The molecule has 0 atom stereocenters. The molecule has 0 radical (unpaired) electrons. The molecule has 7 nitrogen and oxygen atoms in total. The molecule has 2 aromatic carbocycles. The van der Waals surface area contributed by atoms with E-state index in [1.54, 1.807) is 23.2 Å². The number of anilines is 1. The first-order chi connectivity index (χ1) is 14.5. The second kappa shape index (κ2) is 8.42. The van der Waals surface area contributed by atoms with E-state index >= 15 is 0 Å². The Morgan fingerprint density at radius 3 is 2.70 bits per heavy atom. The van der Waals surface area contributed by atoms with E-state index in [1.807, 2.05) is 43.3 Å². The SMILES string of the molecule is Cc1cc(C(=O)N2CCOCC2)ccc1N/C=C(\N)c1cc2ccccc2[nH]c1=O. The number of morpholine rings is 1. The van der Waals surface area contributed by atoms with Crippen LogP contribution in [0.4, 0.5) is 5.69 Å². The zero-order valence-corrected chi connectivity index (χ0v) is 16.8. The van der Waals surface area contributed by atoms with Crippen molar-refractivity contribution in [2.45, 2.75) is 6.92 Å². The Morgan fingerprint density at radius 2 is 1.93 bits per heavy atom. The van der Waals surface area contributed by atoms with Gasteiger partial charge in [0.1, 0.15) is 0 Å². The lowest BCUT2D eigenvalue weighted by atomic mass is 10.1. The molecule has 1 aliphatic rings. The minimum Gasteiger partial charge on any atom is -0.397 e. The second-order valence-electron chi connectivity index (χ2n) is 7.28. The van der Waals surface area contributed by atoms with Crippen LogP contribution in [0.3, 0.4) is 0 Å². The molecule has 1 amide bonds. The number of nitrogens with one attached hydrogen (secondary N) is 2. The predicted molar refractivity (Wildman–Crippen MR) is 118 cm³/mol. The average molecular weight is 404 g/mol. The molecule has 3 aromatic rings. The number of pyridine rings is 1. The van der Waals surface area contributed by atoms with Gasteiger partial charge in [0.25, 0.3) is 11.5 Å². The van der Waals surface area contributed by atoms with E-state index in [4.69, 9.17) is 10.5 Å². The van der Waals surface area contributed by atoms with Crippen LogP contribution < -0.4 is 16.6 Å². The van der Waals surface area contributed by atoms with Crippen LogP contribution in [0.15, 0.2) is 59.5 Å². The number of aromatic amines is 1. The summed E-state index contributed by atoms with van der Waals surface area (Å²) in [5.41, 5.74) is 9.78. The van der Waals surface area contributed by atoms with Crippen LogP contribution >= 0.6 is 0 Å². The number of hydrogen-bond donors (Lipinski definition) is 3. The smallest absolute Gasteiger partial charge is 0.257 e. The number of rotatable bonds is 4. The van der Waals surface area contributed by atoms with Crippen LogP contribution in [-0.4, -0.2) is 42.1 Å². The Bertz CT molecular complexity index is 1180. The van der Waals surface area contributed by atoms with Crippen molar-refractivity contribution < 1.29 is 9.53 Å². The van der Waals surface area contributed by atoms with Crippen LogP contribution in [0.2, 0.25) is 0 Å². The van der Waals surface area contributed by atoms with Gasteiger partial charge >= 0.3 is 0 Å². The van der Waals surface area contributed by atoms with Crippen molar-refractivity contribution in [3.05, 3.63) is 81.8 Å². The van der Waals surface area contributed by atoms with E-state index in [0.29, 0.717) is 43.1 Å². The molecule has 1 aromatic heterocycles. The number of nitrogens with two attached hydrogens (primary N) is 1. The number of aromatic nitrogens is 1. The summed E-state index contributed by atoms with van der Waals surface area (Å²) in [4.78, 5) is 29.7.